The maximum atomic E-state index is 12.1. The van der Waals surface area contributed by atoms with E-state index in [4.69, 9.17) is 17.3 Å². The number of amides is 1. The molecule has 4 heteroatoms. The first-order chi connectivity index (χ1) is 9.10. The SMILES string of the molecule is CCCC(NC(=O)C(C)CCCl)c1ccccc1N. The fourth-order valence-electron chi connectivity index (χ4n) is 2.03. The van der Waals surface area contributed by atoms with Crippen LogP contribution in [0.1, 0.15) is 44.7 Å². The van der Waals surface area contributed by atoms with Crippen LogP contribution in [-0.2, 0) is 4.79 Å². The van der Waals surface area contributed by atoms with Crippen LogP contribution in [0.5, 0.6) is 0 Å². The number of rotatable bonds is 7. The molecule has 0 aliphatic rings. The Kier molecular flexibility index (Phi) is 6.71. The Balaban J connectivity index is 2.79. The van der Waals surface area contributed by atoms with Crippen LogP contribution in [0.3, 0.4) is 0 Å². The molecule has 0 aromatic heterocycles. The number of alkyl halides is 1. The van der Waals surface area contributed by atoms with Crippen molar-refractivity contribution in [1.29, 1.82) is 0 Å². The van der Waals surface area contributed by atoms with Crippen molar-refractivity contribution >= 4 is 23.2 Å². The zero-order chi connectivity index (χ0) is 14.3. The topological polar surface area (TPSA) is 55.1 Å². The summed E-state index contributed by atoms with van der Waals surface area (Å²) >= 11 is 5.68. The smallest absolute Gasteiger partial charge is 0.223 e. The number of carbonyl (C=O) groups is 1. The van der Waals surface area contributed by atoms with Crippen LogP contribution in [0.25, 0.3) is 0 Å². The number of nitrogen functional groups attached to an aromatic ring is 1. The van der Waals surface area contributed by atoms with Gasteiger partial charge in [0, 0.05) is 17.5 Å². The van der Waals surface area contributed by atoms with Crippen molar-refractivity contribution in [3.05, 3.63) is 29.8 Å². The molecule has 0 bridgehead atoms. The van der Waals surface area contributed by atoms with E-state index in [0.29, 0.717) is 12.3 Å². The highest BCUT2D eigenvalue weighted by molar-refractivity contribution is 6.18. The third-order valence-electron chi connectivity index (χ3n) is 3.25. The van der Waals surface area contributed by atoms with Crippen molar-refractivity contribution in [3.63, 3.8) is 0 Å². The number of halogens is 1. The molecule has 0 heterocycles. The molecule has 1 aromatic rings. The Labute approximate surface area is 120 Å². The lowest BCUT2D eigenvalue weighted by atomic mass is 9.99. The van der Waals surface area contributed by atoms with E-state index >= 15 is 0 Å². The minimum Gasteiger partial charge on any atom is -0.398 e. The Morgan fingerprint density at radius 3 is 2.63 bits per heavy atom. The van der Waals surface area contributed by atoms with Gasteiger partial charge in [-0.3, -0.25) is 4.79 Å². The highest BCUT2D eigenvalue weighted by atomic mass is 35.5. The van der Waals surface area contributed by atoms with Gasteiger partial charge in [-0.25, -0.2) is 0 Å². The van der Waals surface area contributed by atoms with Gasteiger partial charge in [-0.1, -0.05) is 38.5 Å². The molecule has 0 aliphatic heterocycles. The minimum atomic E-state index is -0.0678. The van der Waals surface area contributed by atoms with E-state index < -0.39 is 0 Å². The van der Waals surface area contributed by atoms with Gasteiger partial charge < -0.3 is 11.1 Å². The Hall–Kier alpha value is -1.22. The molecule has 19 heavy (non-hydrogen) atoms. The van der Waals surface area contributed by atoms with Crippen molar-refractivity contribution in [2.45, 2.75) is 39.2 Å². The average Bonchev–Trinajstić information content (AvgIpc) is 2.39. The molecule has 0 radical (unpaired) electrons. The third-order valence-corrected chi connectivity index (χ3v) is 3.47. The highest BCUT2D eigenvalue weighted by Crippen LogP contribution is 2.24. The summed E-state index contributed by atoms with van der Waals surface area (Å²) in [7, 11) is 0. The van der Waals surface area contributed by atoms with Gasteiger partial charge in [-0.2, -0.15) is 0 Å². The Morgan fingerprint density at radius 2 is 2.05 bits per heavy atom. The minimum absolute atomic E-state index is 0.0172. The van der Waals surface area contributed by atoms with Crippen molar-refractivity contribution in [1.82, 2.24) is 5.32 Å². The van der Waals surface area contributed by atoms with Crippen molar-refractivity contribution in [2.24, 2.45) is 5.92 Å². The first-order valence-electron chi connectivity index (χ1n) is 6.80. The van der Waals surface area contributed by atoms with Crippen molar-refractivity contribution in [3.8, 4) is 0 Å². The molecule has 0 fully saturated rings. The molecule has 3 N–H and O–H groups in total. The fourth-order valence-corrected chi connectivity index (χ4v) is 2.36. The van der Waals surface area contributed by atoms with Crippen molar-refractivity contribution in [2.75, 3.05) is 11.6 Å². The number of carbonyl (C=O) groups excluding carboxylic acids is 1. The van der Waals surface area contributed by atoms with Crippen LogP contribution in [0, 0.1) is 5.92 Å². The second-order valence-electron chi connectivity index (χ2n) is 4.86. The van der Waals surface area contributed by atoms with Crippen LogP contribution < -0.4 is 11.1 Å². The van der Waals surface area contributed by atoms with E-state index in [0.717, 1.165) is 24.1 Å². The lowest BCUT2D eigenvalue weighted by Gasteiger charge is -2.22. The highest BCUT2D eigenvalue weighted by Gasteiger charge is 2.19. The van der Waals surface area contributed by atoms with E-state index in [1.54, 1.807) is 0 Å². The number of para-hydroxylation sites is 1. The summed E-state index contributed by atoms with van der Waals surface area (Å²) < 4.78 is 0. The third kappa shape index (κ3) is 4.75. The number of hydrogen-bond acceptors (Lipinski definition) is 2. The molecule has 2 unspecified atom stereocenters. The van der Waals surface area contributed by atoms with E-state index in [2.05, 4.69) is 12.2 Å². The molecular weight excluding hydrogens is 260 g/mol. The fraction of sp³-hybridized carbons (Fsp3) is 0.533. The standard InChI is InChI=1S/C15H23ClN2O/c1-3-6-14(12-7-4-5-8-13(12)17)18-15(19)11(2)9-10-16/h4-5,7-8,11,14H,3,6,9-10,17H2,1-2H3,(H,18,19). The molecule has 0 spiro atoms. The number of anilines is 1. The van der Waals surface area contributed by atoms with Gasteiger partial charge in [-0.15, -0.1) is 11.6 Å². The molecule has 3 nitrogen and oxygen atoms in total. The molecule has 1 aromatic carbocycles. The van der Waals surface area contributed by atoms with Gasteiger partial charge >= 0.3 is 0 Å². The first kappa shape index (κ1) is 15.8. The van der Waals surface area contributed by atoms with Crippen LogP contribution in [0.2, 0.25) is 0 Å². The van der Waals surface area contributed by atoms with Gasteiger partial charge in [0.15, 0.2) is 0 Å². The molecule has 0 saturated carbocycles. The van der Waals surface area contributed by atoms with Crippen LogP contribution >= 0.6 is 11.6 Å². The van der Waals surface area contributed by atoms with Gasteiger partial charge in [0.1, 0.15) is 0 Å². The quantitative estimate of drug-likeness (QED) is 0.594. The molecule has 1 amide bonds. The molecule has 0 aliphatic carbocycles. The molecule has 106 valence electrons. The number of hydrogen-bond donors (Lipinski definition) is 2. The van der Waals surface area contributed by atoms with Crippen molar-refractivity contribution < 1.29 is 4.79 Å². The summed E-state index contributed by atoms with van der Waals surface area (Å²) in [6.07, 6.45) is 2.56. The number of nitrogens with two attached hydrogens (primary N) is 1. The maximum Gasteiger partial charge on any atom is 0.223 e. The van der Waals surface area contributed by atoms with Gasteiger partial charge in [0.25, 0.3) is 0 Å². The van der Waals surface area contributed by atoms with Gasteiger partial charge in [0.2, 0.25) is 5.91 Å². The number of benzene rings is 1. The molecular formula is C15H23ClN2O. The normalized spacial score (nSPS) is 13.8. The summed E-state index contributed by atoms with van der Waals surface area (Å²) in [5, 5.41) is 3.08. The zero-order valence-electron chi connectivity index (χ0n) is 11.7. The predicted octanol–water partition coefficient (Wildman–Crippen LogP) is 3.49. The Bertz CT molecular complexity index is 409. The second-order valence-corrected chi connectivity index (χ2v) is 5.24. The summed E-state index contributed by atoms with van der Waals surface area (Å²) in [4.78, 5) is 12.1. The first-order valence-corrected chi connectivity index (χ1v) is 7.34. The van der Waals surface area contributed by atoms with E-state index in [1.165, 1.54) is 0 Å². The Morgan fingerprint density at radius 1 is 1.37 bits per heavy atom. The van der Waals surface area contributed by atoms with E-state index in [1.807, 2.05) is 31.2 Å². The summed E-state index contributed by atoms with van der Waals surface area (Å²) in [6, 6.07) is 7.67. The van der Waals surface area contributed by atoms with Crippen LogP contribution in [-0.4, -0.2) is 11.8 Å². The van der Waals surface area contributed by atoms with Gasteiger partial charge in [-0.05, 0) is 24.5 Å². The monoisotopic (exact) mass is 282 g/mol. The lowest BCUT2D eigenvalue weighted by Crippen LogP contribution is -2.33. The molecule has 0 saturated heterocycles. The summed E-state index contributed by atoms with van der Waals surface area (Å²) in [5.41, 5.74) is 7.71. The van der Waals surface area contributed by atoms with E-state index in [9.17, 15) is 4.79 Å². The van der Waals surface area contributed by atoms with Gasteiger partial charge in [0.05, 0.1) is 6.04 Å². The predicted molar refractivity (Wildman–Crippen MR) is 81.1 cm³/mol. The second kappa shape index (κ2) is 8.05. The zero-order valence-corrected chi connectivity index (χ0v) is 12.4. The molecule has 1 rings (SSSR count). The average molecular weight is 283 g/mol. The van der Waals surface area contributed by atoms with Crippen LogP contribution in [0.15, 0.2) is 24.3 Å². The molecule has 2 atom stereocenters. The maximum absolute atomic E-state index is 12.1. The summed E-state index contributed by atoms with van der Waals surface area (Å²) in [5.74, 6) is 0.477. The number of nitrogens with one attached hydrogen (secondary N) is 1. The largest absolute Gasteiger partial charge is 0.398 e. The summed E-state index contributed by atoms with van der Waals surface area (Å²) in [6.45, 7) is 4.00. The van der Waals surface area contributed by atoms with Crippen LogP contribution in [0.4, 0.5) is 5.69 Å². The lowest BCUT2D eigenvalue weighted by molar-refractivity contribution is -0.125. The van der Waals surface area contributed by atoms with E-state index in [-0.39, 0.29) is 17.9 Å².